The van der Waals surface area contributed by atoms with Crippen LogP contribution in [0, 0.1) is 12.1 Å². The molecule has 0 unspecified atom stereocenters. The van der Waals surface area contributed by atoms with Gasteiger partial charge in [-0.15, -0.1) is 59.7 Å². The van der Waals surface area contributed by atoms with Gasteiger partial charge in [-0.3, -0.25) is 0 Å². The molecule has 0 saturated heterocycles. The van der Waals surface area contributed by atoms with E-state index in [0.29, 0.717) is 6.42 Å². The Morgan fingerprint density at radius 1 is 0.605 bits per heavy atom. The number of rotatable bonds is 6. The monoisotopic (exact) mass is 675 g/mol. The van der Waals surface area contributed by atoms with Crippen molar-refractivity contribution >= 4 is 21.5 Å². The van der Waals surface area contributed by atoms with Crippen molar-refractivity contribution in [2.45, 2.75) is 6.42 Å². The number of benzene rings is 4. The van der Waals surface area contributed by atoms with Crippen molar-refractivity contribution in [3.05, 3.63) is 121 Å². The van der Waals surface area contributed by atoms with Gasteiger partial charge in [-0.1, -0.05) is 60.7 Å². The fourth-order valence-corrected chi connectivity index (χ4v) is 4.69. The molecule has 0 spiro atoms. The number of ether oxygens (including phenoxy) is 2. The zero-order valence-electron chi connectivity index (χ0n) is 21.0. The third-order valence-corrected chi connectivity index (χ3v) is 6.54. The summed E-state index contributed by atoms with van der Waals surface area (Å²) in [5.74, 6) is 1.56. The van der Waals surface area contributed by atoms with E-state index in [0.717, 1.165) is 66.9 Å². The standard InChI is InChI=1S/C33H24N2O2.Pt/c1-36-26-13-7-11-24(17-26)30-19-22-9-3-5-15-28(22)32(34-30)21-33-29-16-6-4-10-23(29)20-31(35-33)25-12-8-14-27(18-25)37-2;/h3-10,13-20H,21H2,1-2H3;/q-2;+2. The maximum absolute atomic E-state index is 5.44. The smallest absolute Gasteiger partial charge is 0.516 e. The predicted molar refractivity (Wildman–Crippen MR) is 148 cm³/mol. The van der Waals surface area contributed by atoms with Gasteiger partial charge in [0.25, 0.3) is 0 Å². The molecule has 0 N–H and O–H groups in total. The normalized spacial score (nSPS) is 10.8. The second kappa shape index (κ2) is 11.2. The summed E-state index contributed by atoms with van der Waals surface area (Å²) >= 11 is 0. The maximum atomic E-state index is 5.44. The van der Waals surface area contributed by atoms with Gasteiger partial charge in [0, 0.05) is 40.1 Å². The van der Waals surface area contributed by atoms with E-state index in [1.807, 2.05) is 36.4 Å². The molecule has 188 valence electrons. The van der Waals surface area contributed by atoms with E-state index in [-0.39, 0.29) is 21.1 Å². The molecule has 0 bridgehead atoms. The van der Waals surface area contributed by atoms with E-state index in [9.17, 15) is 0 Å². The molecule has 6 aromatic rings. The van der Waals surface area contributed by atoms with Crippen LogP contribution in [0.1, 0.15) is 11.4 Å². The Kier molecular flexibility index (Phi) is 7.53. The molecule has 0 atom stereocenters. The summed E-state index contributed by atoms with van der Waals surface area (Å²) in [6.07, 6.45) is 0.580. The number of nitrogens with zero attached hydrogens (tertiary/aromatic N) is 2. The molecule has 0 radical (unpaired) electrons. The molecular formula is C33H24N2O2Pt. The Morgan fingerprint density at radius 3 is 1.50 bits per heavy atom. The van der Waals surface area contributed by atoms with Gasteiger partial charge in [-0.05, 0) is 22.2 Å². The third kappa shape index (κ3) is 5.05. The fourth-order valence-electron chi connectivity index (χ4n) is 4.69. The summed E-state index contributed by atoms with van der Waals surface area (Å²) in [6.45, 7) is 0. The van der Waals surface area contributed by atoms with E-state index in [4.69, 9.17) is 19.4 Å². The molecule has 5 heteroatoms. The number of aromatic nitrogens is 2. The molecular weight excluding hydrogens is 651 g/mol. The van der Waals surface area contributed by atoms with Crippen LogP contribution < -0.4 is 9.47 Å². The minimum absolute atomic E-state index is 0. The predicted octanol–water partition coefficient (Wildman–Crippen LogP) is 7.32. The zero-order chi connectivity index (χ0) is 25.2. The topological polar surface area (TPSA) is 44.2 Å². The van der Waals surface area contributed by atoms with Crippen molar-refractivity contribution in [2.24, 2.45) is 0 Å². The molecule has 0 aliphatic carbocycles. The Hall–Kier alpha value is -4.01. The quantitative estimate of drug-likeness (QED) is 0.174. The molecule has 6 rings (SSSR count). The van der Waals surface area contributed by atoms with Crippen molar-refractivity contribution in [2.75, 3.05) is 14.2 Å². The Labute approximate surface area is 236 Å². The van der Waals surface area contributed by atoms with Crippen LogP contribution in [0.25, 0.3) is 44.1 Å². The second-order valence-electron chi connectivity index (χ2n) is 8.81. The summed E-state index contributed by atoms with van der Waals surface area (Å²) in [5, 5.41) is 4.47. The average molecular weight is 676 g/mol. The van der Waals surface area contributed by atoms with Crippen LogP contribution in [0.4, 0.5) is 0 Å². The average Bonchev–Trinajstić information content (AvgIpc) is 2.97. The van der Waals surface area contributed by atoms with Gasteiger partial charge in [0.05, 0.1) is 14.2 Å². The van der Waals surface area contributed by atoms with Crippen molar-refractivity contribution < 1.29 is 30.5 Å². The van der Waals surface area contributed by atoms with Crippen molar-refractivity contribution in [3.8, 4) is 34.0 Å². The fraction of sp³-hybridized carbons (Fsp3) is 0.0909. The van der Waals surface area contributed by atoms with Crippen LogP contribution in [-0.2, 0) is 27.5 Å². The molecule has 0 aliphatic rings. The molecule has 0 saturated carbocycles. The molecule has 4 nitrogen and oxygen atoms in total. The van der Waals surface area contributed by atoms with Crippen LogP contribution in [0.3, 0.4) is 0 Å². The van der Waals surface area contributed by atoms with Crippen LogP contribution >= 0.6 is 0 Å². The van der Waals surface area contributed by atoms with Crippen LogP contribution in [0.5, 0.6) is 11.5 Å². The molecule has 2 heterocycles. The van der Waals surface area contributed by atoms with E-state index in [1.54, 1.807) is 14.2 Å². The van der Waals surface area contributed by atoms with Crippen LogP contribution in [-0.4, -0.2) is 24.2 Å². The van der Waals surface area contributed by atoms with E-state index >= 15 is 0 Å². The van der Waals surface area contributed by atoms with Crippen LogP contribution in [0.2, 0.25) is 0 Å². The summed E-state index contributed by atoms with van der Waals surface area (Å²) in [6, 6.07) is 39.0. The molecule has 0 amide bonds. The van der Waals surface area contributed by atoms with Crippen molar-refractivity contribution in [3.63, 3.8) is 0 Å². The second-order valence-corrected chi connectivity index (χ2v) is 8.81. The summed E-state index contributed by atoms with van der Waals surface area (Å²) in [4.78, 5) is 10.2. The molecule has 38 heavy (non-hydrogen) atoms. The number of fused-ring (bicyclic) bond motifs is 2. The van der Waals surface area contributed by atoms with Gasteiger partial charge in [0.1, 0.15) is 0 Å². The Balaban J connectivity index is 0.00000294. The number of hydrogen-bond donors (Lipinski definition) is 0. The third-order valence-electron chi connectivity index (χ3n) is 6.54. The van der Waals surface area contributed by atoms with Crippen LogP contribution in [0.15, 0.2) is 97.1 Å². The summed E-state index contributed by atoms with van der Waals surface area (Å²) in [5.41, 5.74) is 5.43. The van der Waals surface area contributed by atoms with Crippen molar-refractivity contribution in [1.82, 2.24) is 9.97 Å². The van der Waals surface area contributed by atoms with Gasteiger partial charge in [0.2, 0.25) is 0 Å². The molecule has 4 aromatic carbocycles. The van der Waals surface area contributed by atoms with Gasteiger partial charge in [-0.25, -0.2) is 0 Å². The summed E-state index contributed by atoms with van der Waals surface area (Å²) < 4.78 is 10.9. The van der Waals surface area contributed by atoms with E-state index < -0.39 is 0 Å². The maximum Gasteiger partial charge on any atom is 2.00 e. The largest absolute Gasteiger partial charge is 2.00 e. The molecule has 2 aromatic heterocycles. The van der Waals surface area contributed by atoms with Crippen molar-refractivity contribution in [1.29, 1.82) is 0 Å². The number of methoxy groups -OCH3 is 2. The van der Waals surface area contributed by atoms with Gasteiger partial charge >= 0.3 is 21.1 Å². The van der Waals surface area contributed by atoms with Gasteiger partial charge in [-0.2, -0.15) is 0 Å². The minimum atomic E-state index is 0. The number of hydrogen-bond acceptors (Lipinski definition) is 4. The first-order chi connectivity index (χ1) is 18.2. The first kappa shape index (κ1) is 25.6. The first-order valence-electron chi connectivity index (χ1n) is 12.1. The zero-order valence-corrected chi connectivity index (χ0v) is 23.2. The molecule has 0 fully saturated rings. The first-order valence-corrected chi connectivity index (χ1v) is 12.1. The van der Waals surface area contributed by atoms with E-state index in [1.165, 1.54) is 0 Å². The summed E-state index contributed by atoms with van der Waals surface area (Å²) in [7, 11) is 3.34. The SMILES string of the molecule is COc1cc[c-]c(-c2cc3ccccc3c(Cc3nc(-c4[c-]ccc(OC)c4)cc4ccccc34)n2)c1.[Pt+2]. The Morgan fingerprint density at radius 2 is 1.05 bits per heavy atom. The van der Waals surface area contributed by atoms with Gasteiger partial charge in [0.15, 0.2) is 0 Å². The minimum Gasteiger partial charge on any atom is -0.516 e. The van der Waals surface area contributed by atoms with Gasteiger partial charge < -0.3 is 19.4 Å². The Bertz CT molecular complexity index is 1620. The van der Waals surface area contributed by atoms with E-state index in [2.05, 4.69) is 72.8 Å². The molecule has 0 aliphatic heterocycles. The number of pyridine rings is 2.